The minimum atomic E-state index is 0.262. The first kappa shape index (κ1) is 14.8. The van der Waals surface area contributed by atoms with Crippen LogP contribution in [0.1, 0.15) is 24.8 Å². The van der Waals surface area contributed by atoms with Crippen molar-refractivity contribution in [3.8, 4) is 6.07 Å². The first-order valence-corrected chi connectivity index (χ1v) is 7.17. The highest BCUT2D eigenvalue weighted by Gasteiger charge is 2.22. The number of nitrogens with zero attached hydrogens (tertiary/aromatic N) is 4. The maximum atomic E-state index is 8.88. The van der Waals surface area contributed by atoms with Crippen LogP contribution in [-0.4, -0.2) is 54.3 Å². The highest BCUT2D eigenvalue weighted by molar-refractivity contribution is 5.42. The summed E-state index contributed by atoms with van der Waals surface area (Å²) in [7, 11) is 2.13. The number of aliphatic hydroxyl groups is 1. The molecule has 0 atom stereocenters. The molecule has 1 saturated heterocycles. The lowest BCUT2D eigenvalue weighted by Crippen LogP contribution is -2.44. The molecule has 0 aliphatic carbocycles. The van der Waals surface area contributed by atoms with E-state index in [0.717, 1.165) is 44.7 Å². The molecule has 1 aliphatic rings. The second kappa shape index (κ2) is 7.22. The summed E-state index contributed by atoms with van der Waals surface area (Å²) >= 11 is 0. The molecule has 2 rings (SSSR count). The molecule has 108 valence electrons. The molecular formula is C15H22N4O. The number of nitriles is 1. The van der Waals surface area contributed by atoms with E-state index in [0.29, 0.717) is 11.6 Å². The fourth-order valence-electron chi connectivity index (χ4n) is 2.68. The normalized spacial score (nSPS) is 16.4. The highest BCUT2D eigenvalue weighted by atomic mass is 16.3. The van der Waals surface area contributed by atoms with Gasteiger partial charge in [0.2, 0.25) is 0 Å². The van der Waals surface area contributed by atoms with Crippen LogP contribution in [-0.2, 0) is 0 Å². The lowest BCUT2D eigenvalue weighted by Gasteiger charge is -2.37. The van der Waals surface area contributed by atoms with E-state index in [4.69, 9.17) is 10.4 Å². The Morgan fingerprint density at radius 3 is 2.75 bits per heavy atom. The summed E-state index contributed by atoms with van der Waals surface area (Å²) in [6.07, 6.45) is 4.70. The molecule has 1 aromatic rings. The van der Waals surface area contributed by atoms with Crippen LogP contribution in [0.3, 0.4) is 0 Å². The van der Waals surface area contributed by atoms with Gasteiger partial charge in [0.15, 0.2) is 0 Å². The van der Waals surface area contributed by atoms with Crippen molar-refractivity contribution in [2.24, 2.45) is 0 Å². The van der Waals surface area contributed by atoms with E-state index in [-0.39, 0.29) is 6.61 Å². The third-order valence-corrected chi connectivity index (χ3v) is 3.96. The maximum Gasteiger partial charge on any atom is 0.128 e. The molecule has 0 bridgehead atoms. The van der Waals surface area contributed by atoms with Crippen LogP contribution >= 0.6 is 0 Å². The summed E-state index contributed by atoms with van der Waals surface area (Å²) in [5, 5.41) is 17.7. The van der Waals surface area contributed by atoms with Gasteiger partial charge < -0.3 is 14.9 Å². The molecule has 0 aromatic carbocycles. The van der Waals surface area contributed by atoms with Crippen LogP contribution in [0.15, 0.2) is 18.3 Å². The molecule has 1 aromatic heterocycles. The molecule has 1 aliphatic heterocycles. The molecule has 5 heteroatoms. The van der Waals surface area contributed by atoms with Crippen molar-refractivity contribution in [1.29, 1.82) is 5.26 Å². The van der Waals surface area contributed by atoms with Gasteiger partial charge in [0.1, 0.15) is 11.9 Å². The first-order chi connectivity index (χ1) is 9.74. The predicted molar refractivity (Wildman–Crippen MR) is 78.5 cm³/mol. The van der Waals surface area contributed by atoms with Gasteiger partial charge in [-0.25, -0.2) is 4.98 Å². The monoisotopic (exact) mass is 274 g/mol. The van der Waals surface area contributed by atoms with Gasteiger partial charge >= 0.3 is 0 Å². The Balaban J connectivity index is 1.85. The lowest BCUT2D eigenvalue weighted by atomic mass is 10.0. The van der Waals surface area contributed by atoms with Crippen molar-refractivity contribution >= 4 is 5.82 Å². The summed E-state index contributed by atoms with van der Waals surface area (Å²) < 4.78 is 0. The van der Waals surface area contributed by atoms with Crippen LogP contribution in [0, 0.1) is 11.3 Å². The molecule has 0 amide bonds. The first-order valence-electron chi connectivity index (χ1n) is 7.17. The molecular weight excluding hydrogens is 252 g/mol. The van der Waals surface area contributed by atoms with Gasteiger partial charge in [-0.2, -0.15) is 5.26 Å². The van der Waals surface area contributed by atoms with E-state index in [2.05, 4.69) is 27.9 Å². The molecule has 1 N–H and O–H groups in total. The van der Waals surface area contributed by atoms with Crippen molar-refractivity contribution in [3.05, 3.63) is 23.9 Å². The fourth-order valence-corrected chi connectivity index (χ4v) is 2.68. The van der Waals surface area contributed by atoms with Crippen molar-refractivity contribution < 1.29 is 5.11 Å². The van der Waals surface area contributed by atoms with E-state index >= 15 is 0 Å². The summed E-state index contributed by atoms with van der Waals surface area (Å²) in [4.78, 5) is 8.97. The second-order valence-electron chi connectivity index (χ2n) is 5.29. The minimum absolute atomic E-state index is 0.262. The molecule has 2 heterocycles. The van der Waals surface area contributed by atoms with Gasteiger partial charge in [-0.15, -0.1) is 0 Å². The topological polar surface area (TPSA) is 63.4 Å². The van der Waals surface area contributed by atoms with Crippen molar-refractivity contribution in [2.45, 2.75) is 25.3 Å². The minimum Gasteiger partial charge on any atom is -0.396 e. The average Bonchev–Trinajstić information content (AvgIpc) is 2.53. The Bertz CT molecular complexity index is 446. The largest absolute Gasteiger partial charge is 0.396 e. The predicted octanol–water partition coefficient (Wildman–Crippen LogP) is 1.24. The van der Waals surface area contributed by atoms with Crippen molar-refractivity contribution in [2.75, 3.05) is 38.2 Å². The molecule has 20 heavy (non-hydrogen) atoms. The number of pyridine rings is 1. The van der Waals surface area contributed by atoms with Gasteiger partial charge in [-0.1, -0.05) is 0 Å². The number of piperidine rings is 1. The summed E-state index contributed by atoms with van der Waals surface area (Å²) in [6, 6.07) is 6.43. The van der Waals surface area contributed by atoms with Crippen molar-refractivity contribution in [3.63, 3.8) is 0 Å². The maximum absolute atomic E-state index is 8.88. The number of aliphatic hydroxyl groups excluding tert-OH is 1. The Kier molecular flexibility index (Phi) is 5.33. The van der Waals surface area contributed by atoms with Gasteiger partial charge in [0, 0.05) is 38.5 Å². The van der Waals surface area contributed by atoms with Gasteiger partial charge in [0.25, 0.3) is 0 Å². The number of aromatic nitrogens is 1. The Hall–Kier alpha value is -1.64. The number of hydrogen-bond donors (Lipinski definition) is 1. The zero-order valence-electron chi connectivity index (χ0n) is 12.0. The number of anilines is 1. The number of rotatable bonds is 5. The van der Waals surface area contributed by atoms with E-state index < -0.39 is 0 Å². The SMILES string of the molecule is CN(CCCO)C1CCN(c2ccc(C#N)cn2)CC1. The quantitative estimate of drug-likeness (QED) is 0.875. The molecule has 0 saturated carbocycles. The van der Waals surface area contributed by atoms with Crippen LogP contribution < -0.4 is 4.90 Å². The van der Waals surface area contributed by atoms with Gasteiger partial charge in [-0.05, 0) is 38.4 Å². The van der Waals surface area contributed by atoms with Crippen LogP contribution in [0.2, 0.25) is 0 Å². The molecule has 1 fully saturated rings. The third kappa shape index (κ3) is 3.69. The second-order valence-corrected chi connectivity index (χ2v) is 5.29. The van der Waals surface area contributed by atoms with E-state index in [9.17, 15) is 0 Å². The summed E-state index contributed by atoms with van der Waals surface area (Å²) in [5.41, 5.74) is 0.604. The Labute approximate surface area is 120 Å². The van der Waals surface area contributed by atoms with Crippen LogP contribution in [0.25, 0.3) is 0 Å². The zero-order valence-corrected chi connectivity index (χ0v) is 12.0. The van der Waals surface area contributed by atoms with Gasteiger partial charge in [0.05, 0.1) is 5.56 Å². The highest BCUT2D eigenvalue weighted by Crippen LogP contribution is 2.20. The molecule has 0 spiro atoms. The summed E-state index contributed by atoms with van der Waals surface area (Å²) in [6.45, 7) is 3.20. The van der Waals surface area contributed by atoms with Gasteiger partial charge in [-0.3, -0.25) is 0 Å². The Morgan fingerprint density at radius 2 is 2.20 bits per heavy atom. The summed E-state index contributed by atoms with van der Waals surface area (Å²) in [5.74, 6) is 0.959. The van der Waals surface area contributed by atoms with Crippen LogP contribution in [0.5, 0.6) is 0 Å². The number of hydrogen-bond acceptors (Lipinski definition) is 5. The zero-order chi connectivity index (χ0) is 14.4. The molecule has 0 radical (unpaired) electrons. The van der Waals surface area contributed by atoms with E-state index in [1.165, 1.54) is 0 Å². The standard InChI is InChI=1S/C15H22N4O/c1-18(7-2-10-20)14-5-8-19(9-6-14)15-4-3-13(11-16)12-17-15/h3-4,12,14,20H,2,5-10H2,1H3. The average molecular weight is 274 g/mol. The van der Waals surface area contributed by atoms with Crippen molar-refractivity contribution in [1.82, 2.24) is 9.88 Å². The molecule has 5 nitrogen and oxygen atoms in total. The fraction of sp³-hybridized carbons (Fsp3) is 0.600. The third-order valence-electron chi connectivity index (χ3n) is 3.96. The Morgan fingerprint density at radius 1 is 1.45 bits per heavy atom. The van der Waals surface area contributed by atoms with Crippen LogP contribution in [0.4, 0.5) is 5.82 Å². The lowest BCUT2D eigenvalue weighted by molar-refractivity contribution is 0.184. The molecule has 0 unspecified atom stereocenters. The smallest absolute Gasteiger partial charge is 0.128 e. The van der Waals surface area contributed by atoms with E-state index in [1.54, 1.807) is 6.20 Å². The van der Waals surface area contributed by atoms with E-state index in [1.807, 2.05) is 12.1 Å².